The molecule has 2 aliphatic heterocycles. The van der Waals surface area contributed by atoms with Crippen molar-refractivity contribution in [2.45, 2.75) is 11.8 Å². The largest absolute Gasteiger partial charge is 0.402 e. The number of aliphatic imine (C=N–C) groups is 1. The lowest BCUT2D eigenvalue weighted by molar-refractivity contribution is -0.129. The molecule has 0 bridgehead atoms. The Labute approximate surface area is 207 Å². The minimum Gasteiger partial charge on any atom is -0.402 e. The average Bonchev–Trinajstić information content (AvgIpc) is 3.39. The number of esters is 1. The fourth-order valence-corrected chi connectivity index (χ4v) is 5.52. The van der Waals surface area contributed by atoms with Gasteiger partial charge in [0.05, 0.1) is 29.5 Å². The van der Waals surface area contributed by atoms with Crippen LogP contribution in [-0.2, 0) is 24.3 Å². The van der Waals surface area contributed by atoms with Gasteiger partial charge in [-0.1, -0.05) is 29.8 Å². The molecule has 0 N–H and O–H groups in total. The molecule has 3 aromatic rings. The van der Waals surface area contributed by atoms with E-state index in [1.165, 1.54) is 22.5 Å². The van der Waals surface area contributed by atoms with Crippen molar-refractivity contribution < 1.29 is 22.7 Å². The lowest BCUT2D eigenvalue weighted by atomic mass is 10.2. The van der Waals surface area contributed by atoms with Gasteiger partial charge in [-0.15, -0.1) is 0 Å². The molecule has 9 nitrogen and oxygen atoms in total. The number of morpholine rings is 1. The van der Waals surface area contributed by atoms with E-state index in [9.17, 15) is 13.2 Å². The number of nitrogens with zero attached hydrogens (tertiary/aromatic N) is 4. The highest BCUT2D eigenvalue weighted by molar-refractivity contribution is 7.89. The zero-order valence-corrected chi connectivity index (χ0v) is 20.3. The van der Waals surface area contributed by atoms with Crippen LogP contribution in [0.3, 0.4) is 0 Å². The van der Waals surface area contributed by atoms with Crippen LogP contribution in [0.15, 0.2) is 70.2 Å². The van der Waals surface area contributed by atoms with Gasteiger partial charge >= 0.3 is 5.97 Å². The molecular weight excluding hydrogens is 492 g/mol. The van der Waals surface area contributed by atoms with Crippen molar-refractivity contribution in [3.63, 3.8) is 0 Å². The van der Waals surface area contributed by atoms with E-state index < -0.39 is 16.0 Å². The number of sulfonamides is 1. The first kappa shape index (κ1) is 23.4. The second-order valence-electron chi connectivity index (χ2n) is 7.91. The van der Waals surface area contributed by atoms with Gasteiger partial charge in [0.25, 0.3) is 0 Å². The van der Waals surface area contributed by atoms with Crippen molar-refractivity contribution in [3.8, 4) is 5.69 Å². The summed E-state index contributed by atoms with van der Waals surface area (Å²) in [5.74, 6) is -0.547. The summed E-state index contributed by atoms with van der Waals surface area (Å²) in [5, 5.41) is 4.81. The van der Waals surface area contributed by atoms with E-state index in [2.05, 4.69) is 10.1 Å². The minimum absolute atomic E-state index is 0.0719. The fourth-order valence-electron chi connectivity index (χ4n) is 3.79. The molecule has 1 fully saturated rings. The number of para-hydroxylation sites is 1. The van der Waals surface area contributed by atoms with Crippen LogP contribution in [0, 0.1) is 6.92 Å². The van der Waals surface area contributed by atoms with E-state index in [1.807, 2.05) is 30.3 Å². The van der Waals surface area contributed by atoms with Crippen molar-refractivity contribution in [1.29, 1.82) is 0 Å². The third kappa shape index (κ3) is 4.53. The average molecular weight is 513 g/mol. The molecule has 0 unspecified atom stereocenters. The maximum absolute atomic E-state index is 12.8. The first-order chi connectivity index (χ1) is 16.8. The van der Waals surface area contributed by atoms with E-state index in [0.29, 0.717) is 48.3 Å². The van der Waals surface area contributed by atoms with Gasteiger partial charge in [0.15, 0.2) is 5.70 Å². The summed E-state index contributed by atoms with van der Waals surface area (Å²) in [7, 11) is -3.62. The molecule has 1 saturated heterocycles. The van der Waals surface area contributed by atoms with Crippen LogP contribution in [0.2, 0.25) is 5.15 Å². The molecule has 2 aromatic carbocycles. The highest BCUT2D eigenvalue weighted by Gasteiger charge is 2.28. The van der Waals surface area contributed by atoms with Crippen LogP contribution in [0.4, 0.5) is 0 Å². The van der Waals surface area contributed by atoms with Crippen molar-refractivity contribution in [2.75, 3.05) is 26.3 Å². The van der Waals surface area contributed by atoms with Crippen LogP contribution in [0.1, 0.15) is 16.8 Å². The topological polar surface area (TPSA) is 103 Å². The second-order valence-corrected chi connectivity index (χ2v) is 10.2. The molecule has 0 aliphatic carbocycles. The quantitative estimate of drug-likeness (QED) is 0.384. The van der Waals surface area contributed by atoms with Gasteiger partial charge in [0.2, 0.25) is 15.9 Å². The Morgan fingerprint density at radius 1 is 1.03 bits per heavy atom. The monoisotopic (exact) mass is 512 g/mol. The van der Waals surface area contributed by atoms with Gasteiger partial charge in [0, 0.05) is 24.2 Å². The highest BCUT2D eigenvalue weighted by Crippen LogP contribution is 2.28. The number of benzene rings is 2. The lowest BCUT2D eigenvalue weighted by Crippen LogP contribution is -2.40. The fraction of sp³-hybridized carbons (Fsp3) is 0.208. The Bertz CT molecular complexity index is 1440. The summed E-state index contributed by atoms with van der Waals surface area (Å²) in [6.07, 6.45) is 1.54. The van der Waals surface area contributed by atoms with Crippen LogP contribution < -0.4 is 0 Å². The summed E-state index contributed by atoms with van der Waals surface area (Å²) in [6.45, 7) is 3.15. The van der Waals surface area contributed by atoms with Crippen LogP contribution >= 0.6 is 11.6 Å². The van der Waals surface area contributed by atoms with E-state index in [4.69, 9.17) is 21.1 Å². The molecule has 3 heterocycles. The maximum atomic E-state index is 12.8. The number of aromatic nitrogens is 2. The van der Waals surface area contributed by atoms with E-state index in [-0.39, 0.29) is 16.5 Å². The standard InChI is InChI=1S/C24H21ClN4O5S/c1-16-20(22(25)29(27-16)18-5-3-2-4-6-18)15-21-24(30)34-23(26-21)17-7-9-19(10-8-17)35(31,32)28-11-13-33-14-12-28/h2-10,15H,11-14H2,1H3/b21-15-. The third-order valence-corrected chi connectivity index (χ3v) is 7.94. The van der Waals surface area contributed by atoms with Crippen molar-refractivity contribution in [1.82, 2.24) is 14.1 Å². The zero-order chi connectivity index (χ0) is 24.6. The number of carbonyl (C=O) groups is 1. The summed E-state index contributed by atoms with van der Waals surface area (Å²) in [5.41, 5.74) is 2.52. The number of carbonyl (C=O) groups excluding carboxylic acids is 1. The molecule has 0 saturated carbocycles. The number of rotatable bonds is 5. The van der Waals surface area contributed by atoms with Gasteiger partial charge in [-0.25, -0.2) is 22.9 Å². The smallest absolute Gasteiger partial charge is 0.363 e. The Morgan fingerprint density at radius 3 is 2.40 bits per heavy atom. The normalized spacial score (nSPS) is 18.1. The molecule has 2 aliphatic rings. The Kier molecular flexibility index (Phi) is 6.28. The predicted molar refractivity (Wildman–Crippen MR) is 130 cm³/mol. The van der Waals surface area contributed by atoms with Gasteiger partial charge in [-0.2, -0.15) is 9.40 Å². The second kappa shape index (κ2) is 9.38. The van der Waals surface area contributed by atoms with Crippen molar-refractivity contribution in [3.05, 3.63) is 82.3 Å². The minimum atomic E-state index is -3.62. The first-order valence-electron chi connectivity index (χ1n) is 10.9. The van der Waals surface area contributed by atoms with Crippen LogP contribution in [-0.4, -0.2) is 60.7 Å². The van der Waals surface area contributed by atoms with E-state index >= 15 is 0 Å². The third-order valence-electron chi connectivity index (χ3n) is 5.66. The summed E-state index contributed by atoms with van der Waals surface area (Å²) in [4.78, 5) is 17.0. The molecule has 0 radical (unpaired) electrons. The highest BCUT2D eigenvalue weighted by atomic mass is 35.5. The Balaban J connectivity index is 1.41. The van der Waals surface area contributed by atoms with Crippen molar-refractivity contribution >= 4 is 39.6 Å². The van der Waals surface area contributed by atoms with Crippen molar-refractivity contribution in [2.24, 2.45) is 4.99 Å². The molecule has 5 rings (SSSR count). The number of cyclic esters (lactones) is 1. The SMILES string of the molecule is Cc1nn(-c2ccccc2)c(Cl)c1/C=C1\N=C(c2ccc(S(=O)(=O)N3CCOCC3)cc2)OC1=O. The van der Waals surface area contributed by atoms with Gasteiger partial charge < -0.3 is 9.47 Å². The number of aryl methyl sites for hydroxylation is 1. The van der Waals surface area contributed by atoms with Gasteiger partial charge in [0.1, 0.15) is 5.15 Å². The first-order valence-corrected chi connectivity index (χ1v) is 12.7. The van der Waals surface area contributed by atoms with E-state index in [0.717, 1.165) is 5.69 Å². The molecule has 11 heteroatoms. The zero-order valence-electron chi connectivity index (χ0n) is 18.7. The molecule has 0 spiro atoms. The van der Waals surface area contributed by atoms with Gasteiger partial charge in [-0.05, 0) is 49.4 Å². The molecular formula is C24H21ClN4O5S. The Hall–Kier alpha value is -3.31. The predicted octanol–water partition coefficient (Wildman–Crippen LogP) is 3.20. The molecule has 0 amide bonds. The molecule has 180 valence electrons. The number of ether oxygens (including phenoxy) is 2. The summed E-state index contributed by atoms with van der Waals surface area (Å²) >= 11 is 6.55. The molecule has 0 atom stereocenters. The number of hydrogen-bond donors (Lipinski definition) is 0. The summed E-state index contributed by atoms with van der Waals surface area (Å²) in [6, 6.07) is 15.5. The van der Waals surface area contributed by atoms with Gasteiger partial charge in [-0.3, -0.25) is 0 Å². The lowest BCUT2D eigenvalue weighted by Gasteiger charge is -2.26. The summed E-state index contributed by atoms with van der Waals surface area (Å²) < 4.78 is 39.2. The maximum Gasteiger partial charge on any atom is 0.363 e. The number of hydrogen-bond acceptors (Lipinski definition) is 7. The molecule has 1 aromatic heterocycles. The number of halogens is 1. The van der Waals surface area contributed by atoms with E-state index in [1.54, 1.807) is 23.7 Å². The Morgan fingerprint density at radius 2 is 1.71 bits per heavy atom. The molecule has 35 heavy (non-hydrogen) atoms. The van der Waals surface area contributed by atoms with Crippen LogP contribution in [0.25, 0.3) is 11.8 Å². The van der Waals surface area contributed by atoms with Crippen LogP contribution in [0.5, 0.6) is 0 Å².